The van der Waals surface area contributed by atoms with Gasteiger partial charge in [-0.05, 0) is 17.7 Å². The van der Waals surface area contributed by atoms with Gasteiger partial charge < -0.3 is 10.5 Å². The number of hydrogen-bond donors (Lipinski definition) is 1. The Bertz CT molecular complexity index is 525. The minimum Gasteiger partial charge on any atom is -0.469 e. The molecular formula is C12H18N2O4S. The van der Waals surface area contributed by atoms with E-state index >= 15 is 0 Å². The van der Waals surface area contributed by atoms with Crippen molar-refractivity contribution in [2.24, 2.45) is 0 Å². The number of esters is 1. The van der Waals surface area contributed by atoms with Crippen molar-refractivity contribution >= 4 is 21.7 Å². The van der Waals surface area contributed by atoms with Crippen molar-refractivity contribution in [3.05, 3.63) is 29.8 Å². The number of carbonyl (C=O) groups is 1. The summed E-state index contributed by atoms with van der Waals surface area (Å²) in [5.41, 5.74) is 6.77. The number of sulfonamides is 1. The lowest BCUT2D eigenvalue weighted by Gasteiger charge is -2.16. The summed E-state index contributed by atoms with van der Waals surface area (Å²) in [4.78, 5) is 11.0. The van der Waals surface area contributed by atoms with Crippen LogP contribution >= 0.6 is 0 Å². The van der Waals surface area contributed by atoms with Crippen molar-refractivity contribution < 1.29 is 17.9 Å². The van der Waals surface area contributed by atoms with Crippen LogP contribution in [0.15, 0.2) is 24.3 Å². The van der Waals surface area contributed by atoms with Gasteiger partial charge in [-0.2, -0.15) is 0 Å². The van der Waals surface area contributed by atoms with Gasteiger partial charge >= 0.3 is 5.97 Å². The molecule has 0 atom stereocenters. The minimum absolute atomic E-state index is 0.0357. The molecule has 0 aliphatic rings. The van der Waals surface area contributed by atoms with Crippen LogP contribution in [0.25, 0.3) is 0 Å². The van der Waals surface area contributed by atoms with Gasteiger partial charge in [0, 0.05) is 19.3 Å². The molecular weight excluding hydrogens is 268 g/mol. The highest BCUT2D eigenvalue weighted by Crippen LogP contribution is 2.12. The summed E-state index contributed by atoms with van der Waals surface area (Å²) in [6, 6.07) is 6.64. The van der Waals surface area contributed by atoms with Crippen LogP contribution in [-0.2, 0) is 25.3 Å². The molecule has 7 heteroatoms. The number of anilines is 1. The number of nitrogens with zero attached hydrogens (tertiary/aromatic N) is 1. The first-order valence-corrected chi connectivity index (χ1v) is 7.31. The van der Waals surface area contributed by atoms with E-state index in [1.54, 1.807) is 24.3 Å². The third kappa shape index (κ3) is 4.88. The van der Waals surface area contributed by atoms with Crippen LogP contribution in [0.2, 0.25) is 0 Å². The van der Waals surface area contributed by atoms with Crippen LogP contribution < -0.4 is 5.73 Å². The monoisotopic (exact) mass is 286 g/mol. The molecule has 106 valence electrons. The molecule has 0 radical (unpaired) electrons. The van der Waals surface area contributed by atoms with E-state index in [-0.39, 0.29) is 18.7 Å². The second-order valence-corrected chi connectivity index (χ2v) is 6.22. The second-order valence-electron chi connectivity index (χ2n) is 4.15. The zero-order valence-corrected chi connectivity index (χ0v) is 11.8. The molecule has 0 spiro atoms. The summed E-state index contributed by atoms with van der Waals surface area (Å²) in [6.45, 7) is 0.101. The van der Waals surface area contributed by atoms with Gasteiger partial charge in [0.05, 0.1) is 19.3 Å². The molecule has 19 heavy (non-hydrogen) atoms. The first-order chi connectivity index (χ1) is 8.85. The maximum Gasteiger partial charge on any atom is 0.306 e. The molecule has 1 rings (SSSR count). The van der Waals surface area contributed by atoms with Gasteiger partial charge in [0.25, 0.3) is 0 Å². The van der Waals surface area contributed by atoms with E-state index in [2.05, 4.69) is 4.74 Å². The lowest BCUT2D eigenvalue weighted by molar-refractivity contribution is -0.140. The Morgan fingerprint density at radius 1 is 1.32 bits per heavy atom. The van der Waals surface area contributed by atoms with Crippen LogP contribution in [0.5, 0.6) is 0 Å². The smallest absolute Gasteiger partial charge is 0.306 e. The Hall–Kier alpha value is -1.60. The van der Waals surface area contributed by atoms with Crippen molar-refractivity contribution in [2.45, 2.75) is 12.2 Å². The molecule has 0 aliphatic heterocycles. The van der Waals surface area contributed by atoms with Crippen molar-refractivity contribution in [1.29, 1.82) is 0 Å². The lowest BCUT2D eigenvalue weighted by Crippen LogP contribution is -2.30. The standard InChI is InChI=1S/C12H18N2O4S/c1-14(8-7-12(15)18-2)19(16,17)9-10-3-5-11(13)6-4-10/h3-6H,7-9,13H2,1-2H3. The summed E-state index contributed by atoms with van der Waals surface area (Å²) in [6.07, 6.45) is 0.0357. The topological polar surface area (TPSA) is 89.7 Å². The van der Waals surface area contributed by atoms with Crippen molar-refractivity contribution in [3.63, 3.8) is 0 Å². The highest BCUT2D eigenvalue weighted by atomic mass is 32.2. The molecule has 0 heterocycles. The summed E-state index contributed by atoms with van der Waals surface area (Å²) < 4.78 is 29.7. The molecule has 0 unspecified atom stereocenters. The normalized spacial score (nSPS) is 11.5. The fraction of sp³-hybridized carbons (Fsp3) is 0.417. The maximum absolute atomic E-state index is 12.0. The van der Waals surface area contributed by atoms with Crippen LogP contribution in [0.1, 0.15) is 12.0 Å². The summed E-state index contributed by atoms with van der Waals surface area (Å²) in [5.74, 6) is -0.556. The molecule has 0 aliphatic carbocycles. The minimum atomic E-state index is -3.45. The third-order valence-corrected chi connectivity index (χ3v) is 4.49. The molecule has 0 saturated heterocycles. The molecule has 6 nitrogen and oxygen atoms in total. The number of benzene rings is 1. The van der Waals surface area contributed by atoms with E-state index in [9.17, 15) is 13.2 Å². The number of nitrogen functional groups attached to an aromatic ring is 1. The highest BCUT2D eigenvalue weighted by molar-refractivity contribution is 7.88. The van der Waals surface area contributed by atoms with Gasteiger partial charge in [0.15, 0.2) is 0 Å². The Kier molecular flexibility index (Phi) is 5.31. The molecule has 0 saturated carbocycles. The fourth-order valence-electron chi connectivity index (χ4n) is 1.42. The molecule has 0 aromatic heterocycles. The van der Waals surface area contributed by atoms with Gasteiger partial charge in [0.1, 0.15) is 0 Å². The van der Waals surface area contributed by atoms with Crippen LogP contribution in [0, 0.1) is 0 Å². The molecule has 2 N–H and O–H groups in total. The lowest BCUT2D eigenvalue weighted by atomic mass is 10.2. The number of carbonyl (C=O) groups excluding carboxylic acids is 1. The number of nitrogens with two attached hydrogens (primary N) is 1. The van der Waals surface area contributed by atoms with Crippen molar-refractivity contribution in [1.82, 2.24) is 4.31 Å². The first-order valence-electron chi connectivity index (χ1n) is 5.70. The molecule has 0 bridgehead atoms. The molecule has 0 fully saturated rings. The largest absolute Gasteiger partial charge is 0.469 e. The van der Waals surface area contributed by atoms with E-state index in [1.807, 2.05) is 0 Å². The van der Waals surface area contributed by atoms with Gasteiger partial charge in [-0.25, -0.2) is 12.7 Å². The van der Waals surface area contributed by atoms with E-state index in [0.717, 1.165) is 4.31 Å². The average Bonchev–Trinajstić information content (AvgIpc) is 2.37. The third-order valence-electron chi connectivity index (χ3n) is 2.66. The quantitative estimate of drug-likeness (QED) is 0.610. The number of hydrogen-bond acceptors (Lipinski definition) is 5. The SMILES string of the molecule is COC(=O)CCN(C)S(=O)(=O)Cc1ccc(N)cc1. The predicted molar refractivity (Wildman–Crippen MR) is 72.7 cm³/mol. The van der Waals surface area contributed by atoms with Crippen LogP contribution in [-0.4, -0.2) is 39.4 Å². The summed E-state index contributed by atoms with van der Waals surface area (Å²) in [5, 5.41) is 0. The molecule has 0 amide bonds. The predicted octanol–water partition coefficient (Wildman–Crippen LogP) is 0.593. The van der Waals surface area contributed by atoms with E-state index < -0.39 is 16.0 Å². The van der Waals surface area contributed by atoms with Gasteiger partial charge in [-0.15, -0.1) is 0 Å². The maximum atomic E-state index is 12.0. The van der Waals surface area contributed by atoms with Gasteiger partial charge in [-0.3, -0.25) is 4.79 Å². The Balaban J connectivity index is 2.64. The van der Waals surface area contributed by atoms with E-state index in [4.69, 9.17) is 5.73 Å². The number of ether oxygens (including phenoxy) is 1. The van der Waals surface area contributed by atoms with Gasteiger partial charge in [0.2, 0.25) is 10.0 Å². The van der Waals surface area contributed by atoms with E-state index in [1.165, 1.54) is 14.2 Å². The Labute approximate surface area is 113 Å². The van der Waals surface area contributed by atoms with Crippen LogP contribution in [0.4, 0.5) is 5.69 Å². The second kappa shape index (κ2) is 6.53. The fourth-order valence-corrected chi connectivity index (χ4v) is 2.63. The Morgan fingerprint density at radius 3 is 2.42 bits per heavy atom. The first kappa shape index (κ1) is 15.5. The average molecular weight is 286 g/mol. The zero-order valence-electron chi connectivity index (χ0n) is 11.0. The van der Waals surface area contributed by atoms with Crippen molar-refractivity contribution in [3.8, 4) is 0 Å². The highest BCUT2D eigenvalue weighted by Gasteiger charge is 2.19. The summed E-state index contributed by atoms with van der Waals surface area (Å²) >= 11 is 0. The zero-order chi connectivity index (χ0) is 14.5. The number of methoxy groups -OCH3 is 1. The molecule has 1 aromatic rings. The number of rotatable bonds is 6. The van der Waals surface area contributed by atoms with E-state index in [0.29, 0.717) is 11.3 Å². The summed E-state index contributed by atoms with van der Waals surface area (Å²) in [7, 11) is -0.736. The molecule has 1 aromatic carbocycles. The van der Waals surface area contributed by atoms with Crippen molar-refractivity contribution in [2.75, 3.05) is 26.4 Å². The Morgan fingerprint density at radius 2 is 1.89 bits per heavy atom. The van der Waals surface area contributed by atoms with Gasteiger partial charge in [-0.1, -0.05) is 12.1 Å². The van der Waals surface area contributed by atoms with Crippen LogP contribution in [0.3, 0.4) is 0 Å².